The summed E-state index contributed by atoms with van der Waals surface area (Å²) in [6.07, 6.45) is 6.37. The van der Waals surface area contributed by atoms with E-state index in [0.29, 0.717) is 22.8 Å². The molecule has 0 aliphatic heterocycles. The van der Waals surface area contributed by atoms with Gasteiger partial charge in [0.05, 0.1) is 24.4 Å². The van der Waals surface area contributed by atoms with Gasteiger partial charge >= 0.3 is 11.9 Å². The quantitative estimate of drug-likeness (QED) is 0.257. The fraction of sp³-hybridized carbons (Fsp3) is 0.379. The Morgan fingerprint density at radius 1 is 0.944 bits per heavy atom. The fourth-order valence-electron chi connectivity index (χ4n) is 4.57. The van der Waals surface area contributed by atoms with Crippen LogP contribution in [0.1, 0.15) is 56.9 Å². The van der Waals surface area contributed by atoms with Crippen molar-refractivity contribution in [3.8, 4) is 22.6 Å². The van der Waals surface area contributed by atoms with E-state index in [0.717, 1.165) is 43.7 Å². The van der Waals surface area contributed by atoms with Crippen LogP contribution in [-0.2, 0) is 9.59 Å². The average Bonchev–Trinajstić information content (AvgIpc) is 2.88. The monoisotopic (exact) mass is 496 g/mol. The van der Waals surface area contributed by atoms with Crippen molar-refractivity contribution in [2.24, 2.45) is 5.92 Å². The van der Waals surface area contributed by atoms with Crippen LogP contribution in [0.25, 0.3) is 11.1 Å². The summed E-state index contributed by atoms with van der Waals surface area (Å²) in [5, 5.41) is 18.2. The van der Waals surface area contributed by atoms with Crippen molar-refractivity contribution in [3.63, 3.8) is 0 Å². The van der Waals surface area contributed by atoms with Gasteiger partial charge in [-0.25, -0.2) is 14.0 Å². The van der Waals surface area contributed by atoms with Gasteiger partial charge in [0, 0.05) is 11.6 Å². The zero-order valence-corrected chi connectivity index (χ0v) is 20.6. The number of hydrogen-bond acceptors (Lipinski definition) is 6. The molecule has 0 unspecified atom stereocenters. The predicted octanol–water partition coefficient (Wildman–Crippen LogP) is 5.47. The Hall–Kier alpha value is -3.29. The maximum absolute atomic E-state index is 15.1. The molecule has 0 radical (unpaired) electrons. The van der Waals surface area contributed by atoms with Crippen LogP contribution in [0.5, 0.6) is 11.5 Å². The number of hydrogen-bond donors (Lipinski definition) is 2. The van der Waals surface area contributed by atoms with Crippen molar-refractivity contribution in [3.05, 3.63) is 72.1 Å². The smallest absolute Gasteiger partial charge is 0.341 e. The normalized spacial score (nSPS) is 17.3. The highest BCUT2D eigenvalue weighted by atomic mass is 19.1. The number of halogens is 1. The Morgan fingerprint density at radius 3 is 2.17 bits per heavy atom. The lowest BCUT2D eigenvalue weighted by Gasteiger charge is -2.30. The van der Waals surface area contributed by atoms with Gasteiger partial charge in [-0.2, -0.15) is 0 Å². The summed E-state index contributed by atoms with van der Waals surface area (Å²) in [6, 6.07) is 9.23. The zero-order chi connectivity index (χ0) is 26.2. The van der Waals surface area contributed by atoms with Crippen molar-refractivity contribution in [1.82, 2.24) is 0 Å². The number of carbonyl (C=O) groups excluding carboxylic acids is 2. The van der Waals surface area contributed by atoms with E-state index in [9.17, 15) is 14.7 Å². The Bertz CT molecular complexity index is 1130. The molecular formula is C29H33FO6. The first-order valence-electron chi connectivity index (χ1n) is 12.2. The van der Waals surface area contributed by atoms with Gasteiger partial charge in [-0.1, -0.05) is 39.0 Å². The fourth-order valence-corrected chi connectivity index (χ4v) is 4.57. The van der Waals surface area contributed by atoms with Crippen LogP contribution in [0.4, 0.5) is 4.39 Å². The van der Waals surface area contributed by atoms with E-state index >= 15 is 4.39 Å². The largest absolute Gasteiger partial charge is 0.423 e. The number of esters is 2. The molecule has 2 aromatic carbocycles. The summed E-state index contributed by atoms with van der Waals surface area (Å²) in [4.78, 5) is 24.1. The van der Waals surface area contributed by atoms with Crippen LogP contribution in [-0.4, -0.2) is 35.4 Å². The standard InChI is InChI=1S/C29H33FO6/c1-4-5-20-6-8-21(9-7-20)25-14-22(10-13-27(25)36-29(34)19(3)17-32)24-12-11-23(15-26(24)30)35-28(33)18(2)16-31/h10-15,20-21,31-32H,2-9,16-17H2,1H3. The van der Waals surface area contributed by atoms with Gasteiger partial charge in [0.15, 0.2) is 0 Å². The van der Waals surface area contributed by atoms with Crippen LogP contribution in [0.3, 0.4) is 0 Å². The van der Waals surface area contributed by atoms with Crippen molar-refractivity contribution in [1.29, 1.82) is 0 Å². The SMILES string of the molecule is C=C(CO)C(=O)Oc1ccc(-c2ccc(OC(=O)C(=C)CO)c(C3CCC(CCC)CC3)c2)c(F)c1. The third-order valence-corrected chi connectivity index (χ3v) is 6.62. The van der Waals surface area contributed by atoms with Gasteiger partial charge < -0.3 is 19.7 Å². The molecule has 2 aromatic rings. The van der Waals surface area contributed by atoms with Gasteiger partial charge in [-0.15, -0.1) is 0 Å². The predicted molar refractivity (Wildman–Crippen MR) is 135 cm³/mol. The second-order valence-corrected chi connectivity index (χ2v) is 9.20. The number of aliphatic hydroxyl groups is 2. The second kappa shape index (κ2) is 12.6. The first-order chi connectivity index (χ1) is 17.3. The minimum absolute atomic E-state index is 0.00149. The van der Waals surface area contributed by atoms with Crippen LogP contribution in [0.2, 0.25) is 0 Å². The molecule has 0 spiro atoms. The van der Waals surface area contributed by atoms with E-state index in [4.69, 9.17) is 14.6 Å². The van der Waals surface area contributed by atoms with Gasteiger partial charge in [0.1, 0.15) is 17.3 Å². The lowest BCUT2D eigenvalue weighted by atomic mass is 9.76. The lowest BCUT2D eigenvalue weighted by Crippen LogP contribution is -2.17. The third-order valence-electron chi connectivity index (χ3n) is 6.62. The van der Waals surface area contributed by atoms with E-state index in [1.165, 1.54) is 18.6 Å². The third kappa shape index (κ3) is 6.68. The summed E-state index contributed by atoms with van der Waals surface area (Å²) >= 11 is 0. The highest BCUT2D eigenvalue weighted by Crippen LogP contribution is 2.42. The average molecular weight is 497 g/mol. The minimum atomic E-state index is -0.832. The lowest BCUT2D eigenvalue weighted by molar-refractivity contribution is -0.131. The highest BCUT2D eigenvalue weighted by Gasteiger charge is 2.26. The Balaban J connectivity index is 1.91. The summed E-state index contributed by atoms with van der Waals surface area (Å²) < 4.78 is 25.7. The highest BCUT2D eigenvalue weighted by molar-refractivity contribution is 5.90. The molecule has 1 aliphatic rings. The number of carbonyl (C=O) groups is 2. The molecule has 0 atom stereocenters. The van der Waals surface area contributed by atoms with Crippen molar-refractivity contribution in [2.45, 2.75) is 51.4 Å². The van der Waals surface area contributed by atoms with E-state index in [1.54, 1.807) is 12.1 Å². The molecule has 0 aromatic heterocycles. The number of ether oxygens (including phenoxy) is 2. The molecular weight excluding hydrogens is 463 g/mol. The van der Waals surface area contributed by atoms with E-state index in [1.807, 2.05) is 6.07 Å². The van der Waals surface area contributed by atoms with E-state index in [-0.39, 0.29) is 22.8 Å². The van der Waals surface area contributed by atoms with Gasteiger partial charge in [0.2, 0.25) is 0 Å². The van der Waals surface area contributed by atoms with E-state index in [2.05, 4.69) is 20.1 Å². The molecule has 0 amide bonds. The first kappa shape index (κ1) is 27.3. The van der Waals surface area contributed by atoms with Gasteiger partial charge in [-0.3, -0.25) is 0 Å². The topological polar surface area (TPSA) is 93.1 Å². The van der Waals surface area contributed by atoms with E-state index < -0.39 is 31.0 Å². The van der Waals surface area contributed by atoms with Gasteiger partial charge in [-0.05, 0) is 72.9 Å². The molecule has 1 fully saturated rings. The molecule has 0 saturated heterocycles. The number of rotatable bonds is 10. The number of benzene rings is 2. The van der Waals surface area contributed by atoms with Crippen LogP contribution >= 0.6 is 0 Å². The Morgan fingerprint density at radius 2 is 1.58 bits per heavy atom. The summed E-state index contributed by atoms with van der Waals surface area (Å²) in [5.41, 5.74) is 1.53. The second-order valence-electron chi connectivity index (χ2n) is 9.20. The maximum Gasteiger partial charge on any atom is 0.341 e. The summed E-state index contributed by atoms with van der Waals surface area (Å²) in [5.74, 6) is -0.912. The van der Waals surface area contributed by atoms with Crippen molar-refractivity contribution in [2.75, 3.05) is 13.2 Å². The molecule has 1 aliphatic carbocycles. The molecule has 3 rings (SSSR count). The van der Waals surface area contributed by atoms with Crippen molar-refractivity contribution < 1.29 is 33.7 Å². The maximum atomic E-state index is 15.1. The molecule has 0 bridgehead atoms. The first-order valence-corrected chi connectivity index (χ1v) is 12.2. The molecule has 192 valence electrons. The molecule has 6 nitrogen and oxygen atoms in total. The van der Waals surface area contributed by atoms with Crippen molar-refractivity contribution >= 4 is 11.9 Å². The van der Waals surface area contributed by atoms with Crippen LogP contribution in [0.15, 0.2) is 60.7 Å². The molecule has 2 N–H and O–H groups in total. The molecule has 1 saturated carbocycles. The zero-order valence-electron chi connectivity index (χ0n) is 20.6. The Kier molecular flexibility index (Phi) is 9.56. The molecule has 36 heavy (non-hydrogen) atoms. The van der Waals surface area contributed by atoms with Crippen LogP contribution < -0.4 is 9.47 Å². The molecule has 0 heterocycles. The summed E-state index contributed by atoms with van der Waals surface area (Å²) in [6.45, 7) is 8.07. The minimum Gasteiger partial charge on any atom is -0.423 e. The number of aliphatic hydroxyl groups excluding tert-OH is 2. The summed E-state index contributed by atoms with van der Waals surface area (Å²) in [7, 11) is 0. The Labute approximate surface area is 211 Å². The molecule has 7 heteroatoms. The van der Waals surface area contributed by atoms with Crippen LogP contribution in [0, 0.1) is 11.7 Å². The van der Waals surface area contributed by atoms with Gasteiger partial charge in [0.25, 0.3) is 0 Å².